The lowest BCUT2D eigenvalue weighted by Gasteiger charge is -2.19. The number of hydrogen-bond acceptors (Lipinski definition) is 4. The van der Waals surface area contributed by atoms with E-state index < -0.39 is 28.9 Å². The van der Waals surface area contributed by atoms with E-state index in [9.17, 15) is 12.8 Å². The van der Waals surface area contributed by atoms with Gasteiger partial charge in [0.05, 0.1) is 17.0 Å². The van der Waals surface area contributed by atoms with Gasteiger partial charge in [0.15, 0.2) is 0 Å². The lowest BCUT2D eigenvalue weighted by Crippen LogP contribution is -2.32. The second-order valence-corrected chi connectivity index (χ2v) is 5.83. The molecule has 1 rings (SSSR count). The van der Waals surface area contributed by atoms with Crippen LogP contribution in [0.4, 0.5) is 4.39 Å². The summed E-state index contributed by atoms with van der Waals surface area (Å²) in [5.74, 6) is -0.527. The smallest absolute Gasteiger partial charge is 0.207 e. The van der Waals surface area contributed by atoms with Gasteiger partial charge in [-0.3, -0.25) is 0 Å². The molecule has 0 aliphatic carbocycles. The van der Waals surface area contributed by atoms with Gasteiger partial charge in [0, 0.05) is 0 Å². The van der Waals surface area contributed by atoms with E-state index in [0.29, 0.717) is 0 Å². The van der Waals surface area contributed by atoms with Crippen molar-refractivity contribution < 1.29 is 12.8 Å². The van der Waals surface area contributed by atoms with Gasteiger partial charge in [-0.2, -0.15) is 14.8 Å². The van der Waals surface area contributed by atoms with Crippen molar-refractivity contribution >= 4 is 10.0 Å². The average Bonchev–Trinajstić information content (AvgIpc) is 2.26. The molecule has 0 N–H and O–H groups in total. The normalized spacial score (nSPS) is 11.1. The summed E-state index contributed by atoms with van der Waals surface area (Å²) in [7, 11) is -3.98. The zero-order chi connectivity index (χ0) is 14.6. The molecule has 0 saturated heterocycles. The van der Waals surface area contributed by atoms with Crippen LogP contribution in [0.3, 0.4) is 0 Å². The summed E-state index contributed by atoms with van der Waals surface area (Å²) in [6.07, 6.45) is 0. The van der Waals surface area contributed by atoms with Crippen molar-refractivity contribution in [3.63, 3.8) is 0 Å². The van der Waals surface area contributed by atoms with Crippen LogP contribution in [-0.2, 0) is 10.0 Å². The number of nitriles is 2. The third kappa shape index (κ3) is 3.08. The number of halogens is 1. The summed E-state index contributed by atoms with van der Waals surface area (Å²) in [6.45, 7) is 2.10. The van der Waals surface area contributed by atoms with E-state index in [2.05, 4.69) is 0 Å². The van der Waals surface area contributed by atoms with Gasteiger partial charge in [0.2, 0.25) is 10.0 Å². The van der Waals surface area contributed by atoms with Gasteiger partial charge in [-0.05, 0) is 37.1 Å². The van der Waals surface area contributed by atoms with Gasteiger partial charge < -0.3 is 0 Å². The van der Waals surface area contributed by atoms with E-state index in [0.717, 1.165) is 16.4 Å². The Morgan fingerprint density at radius 2 is 1.58 bits per heavy atom. The van der Waals surface area contributed by atoms with E-state index >= 15 is 0 Å². The first-order valence-electron chi connectivity index (χ1n) is 5.35. The Labute approximate surface area is 111 Å². The van der Waals surface area contributed by atoms with Crippen molar-refractivity contribution in [3.05, 3.63) is 29.1 Å². The van der Waals surface area contributed by atoms with Crippen LogP contribution >= 0.6 is 0 Å². The lowest BCUT2D eigenvalue weighted by molar-refractivity contribution is 0.478. The summed E-state index contributed by atoms with van der Waals surface area (Å²) in [4.78, 5) is -0.0561. The van der Waals surface area contributed by atoms with Gasteiger partial charge in [-0.25, -0.2) is 12.8 Å². The van der Waals surface area contributed by atoms with Gasteiger partial charge in [-0.1, -0.05) is 0 Å². The second-order valence-electron chi connectivity index (χ2n) is 3.96. The Hall–Kier alpha value is -1.96. The summed E-state index contributed by atoms with van der Waals surface area (Å²) < 4.78 is 38.7. The molecule has 5 nitrogen and oxygen atoms in total. The van der Waals surface area contributed by atoms with E-state index in [1.165, 1.54) is 13.8 Å². The first-order valence-corrected chi connectivity index (χ1v) is 6.79. The van der Waals surface area contributed by atoms with Crippen molar-refractivity contribution in [2.24, 2.45) is 0 Å². The minimum atomic E-state index is -3.98. The summed E-state index contributed by atoms with van der Waals surface area (Å²) >= 11 is 0. The average molecular weight is 281 g/mol. The molecule has 0 radical (unpaired) electrons. The minimum Gasteiger partial charge on any atom is -0.207 e. The molecule has 19 heavy (non-hydrogen) atoms. The lowest BCUT2D eigenvalue weighted by atomic mass is 10.1. The first-order chi connectivity index (χ1) is 8.84. The summed E-state index contributed by atoms with van der Waals surface area (Å²) in [5.41, 5.74) is 0.497. The van der Waals surface area contributed by atoms with Gasteiger partial charge in [0.25, 0.3) is 0 Å². The third-order valence-electron chi connectivity index (χ3n) is 2.52. The molecule has 0 unspecified atom stereocenters. The SMILES string of the molecule is Cc1cc(F)cc(C)c1S(=O)(=O)N(CC#N)CC#N. The maximum absolute atomic E-state index is 13.2. The number of rotatable bonds is 4. The number of benzene rings is 1. The molecule has 0 aliphatic heterocycles. The zero-order valence-corrected chi connectivity index (χ0v) is 11.3. The van der Waals surface area contributed by atoms with Crippen LogP contribution in [0.15, 0.2) is 17.0 Å². The number of sulfonamides is 1. The Bertz CT molecular complexity index is 632. The first kappa shape index (κ1) is 15.1. The van der Waals surface area contributed by atoms with E-state index in [-0.39, 0.29) is 16.0 Å². The van der Waals surface area contributed by atoms with Crippen LogP contribution in [0, 0.1) is 42.3 Å². The minimum absolute atomic E-state index is 0.0561. The Balaban J connectivity index is 3.43. The second kappa shape index (κ2) is 5.79. The zero-order valence-electron chi connectivity index (χ0n) is 10.5. The fourth-order valence-corrected chi connectivity index (χ4v) is 3.46. The van der Waals surface area contributed by atoms with E-state index in [4.69, 9.17) is 10.5 Å². The molecule has 1 aromatic rings. The Kier molecular flexibility index (Phi) is 4.60. The number of aryl methyl sites for hydroxylation is 2. The monoisotopic (exact) mass is 281 g/mol. The van der Waals surface area contributed by atoms with Crippen LogP contribution < -0.4 is 0 Å². The molecule has 100 valence electrons. The summed E-state index contributed by atoms with van der Waals surface area (Å²) in [6, 6.07) is 5.62. The van der Waals surface area contributed by atoms with Crippen molar-refractivity contribution in [1.82, 2.24) is 4.31 Å². The molecule has 0 aromatic heterocycles. The number of nitrogens with zero attached hydrogens (tertiary/aromatic N) is 3. The molecule has 0 heterocycles. The van der Waals surface area contributed by atoms with Gasteiger partial charge in [0.1, 0.15) is 18.9 Å². The molecule has 7 heteroatoms. The molecule has 0 bridgehead atoms. The molecule has 0 saturated carbocycles. The van der Waals surface area contributed by atoms with Crippen LogP contribution in [0.2, 0.25) is 0 Å². The molecule has 0 atom stereocenters. The van der Waals surface area contributed by atoms with E-state index in [1.807, 2.05) is 0 Å². The maximum atomic E-state index is 13.2. The summed E-state index contributed by atoms with van der Waals surface area (Å²) in [5, 5.41) is 17.3. The highest BCUT2D eigenvalue weighted by Crippen LogP contribution is 2.24. The highest BCUT2D eigenvalue weighted by Gasteiger charge is 2.27. The van der Waals surface area contributed by atoms with Gasteiger partial charge >= 0.3 is 0 Å². The van der Waals surface area contributed by atoms with E-state index in [1.54, 1.807) is 12.1 Å². The largest absolute Gasteiger partial charge is 0.245 e. The fourth-order valence-electron chi connectivity index (χ4n) is 1.82. The van der Waals surface area contributed by atoms with Crippen molar-refractivity contribution in [3.8, 4) is 12.1 Å². The van der Waals surface area contributed by atoms with Gasteiger partial charge in [-0.15, -0.1) is 0 Å². The maximum Gasteiger partial charge on any atom is 0.245 e. The predicted molar refractivity (Wildman–Crippen MR) is 65.9 cm³/mol. The van der Waals surface area contributed by atoms with Crippen molar-refractivity contribution in [1.29, 1.82) is 10.5 Å². The Morgan fingerprint density at radius 3 is 1.95 bits per heavy atom. The highest BCUT2D eigenvalue weighted by molar-refractivity contribution is 7.89. The molecule has 0 spiro atoms. The molecular weight excluding hydrogens is 269 g/mol. The Morgan fingerprint density at radius 1 is 1.16 bits per heavy atom. The van der Waals surface area contributed by atoms with Crippen LogP contribution in [-0.4, -0.2) is 25.8 Å². The fraction of sp³-hybridized carbons (Fsp3) is 0.333. The predicted octanol–water partition coefficient (Wildman–Crippen LogP) is 1.48. The number of hydrogen-bond donors (Lipinski definition) is 0. The standard InChI is InChI=1S/C12H12FN3O2S/c1-9-7-11(13)8-10(2)12(9)19(17,18)16(5-3-14)6-4-15/h7-8H,5-6H2,1-2H3. The molecule has 0 amide bonds. The molecular formula is C12H12FN3O2S. The highest BCUT2D eigenvalue weighted by atomic mass is 32.2. The quantitative estimate of drug-likeness (QED) is 0.782. The third-order valence-corrected chi connectivity index (χ3v) is 4.61. The van der Waals surface area contributed by atoms with Crippen molar-refractivity contribution in [2.75, 3.05) is 13.1 Å². The van der Waals surface area contributed by atoms with Crippen LogP contribution in [0.25, 0.3) is 0 Å². The molecule has 0 fully saturated rings. The topological polar surface area (TPSA) is 85.0 Å². The van der Waals surface area contributed by atoms with Crippen LogP contribution in [0.5, 0.6) is 0 Å². The van der Waals surface area contributed by atoms with Crippen LogP contribution in [0.1, 0.15) is 11.1 Å². The van der Waals surface area contributed by atoms with Crippen molar-refractivity contribution in [2.45, 2.75) is 18.7 Å². The molecule has 0 aliphatic rings. The molecule has 1 aromatic carbocycles.